The molecular weight excluding hydrogens is 124 g/mol. The third-order valence-electron chi connectivity index (χ3n) is 0.623. The summed E-state index contributed by atoms with van der Waals surface area (Å²) in [4.78, 5) is 1.90. The van der Waals surface area contributed by atoms with Crippen molar-refractivity contribution in [3.05, 3.63) is 12.3 Å². The highest BCUT2D eigenvalue weighted by molar-refractivity contribution is 5.89. The number of rotatable bonds is 2. The molecule has 0 aliphatic carbocycles. The lowest BCUT2D eigenvalue weighted by atomic mass is 10.4. The summed E-state index contributed by atoms with van der Waals surface area (Å²) < 4.78 is 0. The van der Waals surface area contributed by atoms with Gasteiger partial charge in [-0.05, 0) is 13.0 Å². The van der Waals surface area contributed by atoms with Gasteiger partial charge in [-0.2, -0.15) is 0 Å². The summed E-state index contributed by atoms with van der Waals surface area (Å²) in [6.07, 6.45) is 3.60. The fraction of sp³-hybridized carbons (Fsp3) is 0.625. The normalized spacial score (nSPS) is 8.50. The smallest absolute Gasteiger partial charge is 0.0297 e. The van der Waals surface area contributed by atoms with E-state index in [1.807, 2.05) is 39.0 Å². The molecule has 0 aliphatic heterocycles. The molecule has 0 aliphatic rings. The Morgan fingerprint density at radius 3 is 1.80 bits per heavy atom. The minimum Gasteiger partial charge on any atom is -0.383 e. The maximum atomic E-state index is 6.97. The third kappa shape index (κ3) is 15.7. The predicted molar refractivity (Wildman–Crippen MR) is 47.6 cm³/mol. The summed E-state index contributed by atoms with van der Waals surface area (Å²) in [5.74, 6) is 0. The second-order valence-corrected chi connectivity index (χ2v) is 1.96. The van der Waals surface area contributed by atoms with Crippen LogP contribution in [0.15, 0.2) is 12.3 Å². The van der Waals surface area contributed by atoms with Crippen LogP contribution in [0.1, 0.15) is 20.8 Å². The van der Waals surface area contributed by atoms with Crippen molar-refractivity contribution >= 4 is 5.71 Å². The molecule has 0 aromatic carbocycles. The highest BCUT2D eigenvalue weighted by Gasteiger charge is 1.75. The van der Waals surface area contributed by atoms with Crippen molar-refractivity contribution in [2.45, 2.75) is 20.8 Å². The van der Waals surface area contributed by atoms with E-state index in [0.717, 1.165) is 0 Å². The molecule has 0 unspecified atom stereocenters. The molecule has 2 heteroatoms. The Kier molecular flexibility index (Phi) is 9.80. The fourth-order valence-corrected chi connectivity index (χ4v) is 0.261. The fourth-order valence-electron chi connectivity index (χ4n) is 0.261. The Morgan fingerprint density at radius 1 is 1.30 bits per heavy atom. The minimum absolute atomic E-state index is 0.582. The molecule has 1 N–H and O–H groups in total. The maximum absolute atomic E-state index is 6.97. The molecule has 0 saturated carbocycles. The van der Waals surface area contributed by atoms with Crippen LogP contribution in [-0.4, -0.2) is 24.7 Å². The first-order chi connectivity index (χ1) is 4.63. The van der Waals surface area contributed by atoms with Gasteiger partial charge in [-0.1, -0.05) is 13.8 Å². The average molecular weight is 142 g/mol. The second kappa shape index (κ2) is 8.21. The number of hydrogen-bond donors (Lipinski definition) is 1. The topological polar surface area (TPSA) is 27.1 Å². The van der Waals surface area contributed by atoms with Crippen LogP contribution in [0.25, 0.3) is 0 Å². The zero-order valence-electron chi connectivity index (χ0n) is 7.60. The number of nitrogens with one attached hydrogen (secondary N) is 1. The van der Waals surface area contributed by atoms with Crippen molar-refractivity contribution < 1.29 is 0 Å². The van der Waals surface area contributed by atoms with Crippen LogP contribution in [0.4, 0.5) is 0 Å². The Balaban J connectivity index is 0. The molecule has 0 spiro atoms. The van der Waals surface area contributed by atoms with E-state index in [-0.39, 0.29) is 0 Å². The van der Waals surface area contributed by atoms with E-state index in [1.54, 1.807) is 13.0 Å². The molecule has 60 valence electrons. The largest absolute Gasteiger partial charge is 0.383 e. The SMILES string of the molecule is CC.CC(=N)/C=C\N(C)C. The summed E-state index contributed by atoms with van der Waals surface area (Å²) in [5.41, 5.74) is 0.582. The molecule has 10 heavy (non-hydrogen) atoms. The molecule has 0 fully saturated rings. The van der Waals surface area contributed by atoms with Crippen LogP contribution in [0.2, 0.25) is 0 Å². The molecule has 0 amide bonds. The zero-order valence-corrected chi connectivity index (χ0v) is 7.60. The number of hydrogen-bond acceptors (Lipinski definition) is 2. The highest BCUT2D eigenvalue weighted by atomic mass is 15.0. The summed E-state index contributed by atoms with van der Waals surface area (Å²) in [6, 6.07) is 0. The monoisotopic (exact) mass is 142 g/mol. The second-order valence-electron chi connectivity index (χ2n) is 1.96. The van der Waals surface area contributed by atoms with Gasteiger partial charge in [0.2, 0.25) is 0 Å². The first-order valence-corrected chi connectivity index (χ1v) is 3.52. The van der Waals surface area contributed by atoms with Crippen LogP contribution in [-0.2, 0) is 0 Å². The molecule has 0 atom stereocenters. The minimum atomic E-state index is 0.582. The molecule has 0 radical (unpaired) electrons. The molecule has 0 aromatic rings. The predicted octanol–water partition coefficient (Wildman–Crippen LogP) is 2.13. The van der Waals surface area contributed by atoms with E-state index in [1.165, 1.54) is 0 Å². The summed E-state index contributed by atoms with van der Waals surface area (Å²) in [5, 5.41) is 6.97. The Labute approximate surface area is 64.1 Å². The quantitative estimate of drug-likeness (QED) is 0.587. The van der Waals surface area contributed by atoms with E-state index in [0.29, 0.717) is 5.71 Å². The van der Waals surface area contributed by atoms with E-state index in [4.69, 9.17) is 5.41 Å². The van der Waals surface area contributed by atoms with Crippen LogP contribution in [0, 0.1) is 5.41 Å². The molecular formula is C8H18N2. The van der Waals surface area contributed by atoms with Gasteiger partial charge in [0, 0.05) is 26.0 Å². The van der Waals surface area contributed by atoms with Gasteiger partial charge in [-0.15, -0.1) is 0 Å². The van der Waals surface area contributed by atoms with E-state index in [9.17, 15) is 0 Å². The first-order valence-electron chi connectivity index (χ1n) is 3.52. The van der Waals surface area contributed by atoms with Gasteiger partial charge in [0.05, 0.1) is 0 Å². The van der Waals surface area contributed by atoms with Crippen molar-refractivity contribution in [1.82, 2.24) is 4.90 Å². The molecule has 0 bridgehead atoms. The lowest BCUT2D eigenvalue weighted by molar-refractivity contribution is 0.564. The van der Waals surface area contributed by atoms with Gasteiger partial charge in [-0.25, -0.2) is 0 Å². The van der Waals surface area contributed by atoms with E-state index < -0.39 is 0 Å². The highest BCUT2D eigenvalue weighted by Crippen LogP contribution is 1.77. The summed E-state index contributed by atoms with van der Waals surface area (Å²) in [6.45, 7) is 5.75. The Hall–Kier alpha value is -0.790. The molecule has 0 saturated heterocycles. The Bertz CT molecular complexity index is 104. The van der Waals surface area contributed by atoms with Crippen molar-refractivity contribution in [2.75, 3.05) is 14.1 Å². The van der Waals surface area contributed by atoms with Crippen molar-refractivity contribution in [3.8, 4) is 0 Å². The first kappa shape index (κ1) is 11.9. The van der Waals surface area contributed by atoms with Crippen LogP contribution < -0.4 is 0 Å². The maximum Gasteiger partial charge on any atom is 0.0297 e. The third-order valence-corrected chi connectivity index (χ3v) is 0.623. The summed E-state index contributed by atoms with van der Waals surface area (Å²) >= 11 is 0. The van der Waals surface area contributed by atoms with Gasteiger partial charge in [0.15, 0.2) is 0 Å². The molecule has 2 nitrogen and oxygen atoms in total. The number of allylic oxidation sites excluding steroid dienone is 1. The van der Waals surface area contributed by atoms with E-state index >= 15 is 0 Å². The molecule has 0 heterocycles. The molecule has 0 aromatic heterocycles. The van der Waals surface area contributed by atoms with Crippen molar-refractivity contribution in [1.29, 1.82) is 5.41 Å². The zero-order chi connectivity index (χ0) is 8.57. The van der Waals surface area contributed by atoms with Gasteiger partial charge in [0.25, 0.3) is 0 Å². The van der Waals surface area contributed by atoms with Gasteiger partial charge in [0.1, 0.15) is 0 Å². The van der Waals surface area contributed by atoms with Gasteiger partial charge in [-0.3, -0.25) is 0 Å². The lowest BCUT2D eigenvalue weighted by Gasteiger charge is -2.01. The molecule has 0 rings (SSSR count). The van der Waals surface area contributed by atoms with Crippen molar-refractivity contribution in [3.63, 3.8) is 0 Å². The van der Waals surface area contributed by atoms with Crippen LogP contribution in [0.3, 0.4) is 0 Å². The van der Waals surface area contributed by atoms with Crippen LogP contribution in [0.5, 0.6) is 0 Å². The summed E-state index contributed by atoms with van der Waals surface area (Å²) in [7, 11) is 3.86. The van der Waals surface area contributed by atoms with Gasteiger partial charge < -0.3 is 10.3 Å². The number of nitrogens with zero attached hydrogens (tertiary/aromatic N) is 1. The lowest BCUT2D eigenvalue weighted by Crippen LogP contribution is -2.00. The standard InChI is InChI=1S/C6H12N2.C2H6/c1-6(7)4-5-8(2)3;1-2/h4-5,7H,1-3H3;1-2H3/b5-4-,7-6?;. The van der Waals surface area contributed by atoms with Gasteiger partial charge >= 0.3 is 0 Å². The van der Waals surface area contributed by atoms with Crippen LogP contribution >= 0.6 is 0 Å². The average Bonchev–Trinajstić information content (AvgIpc) is 1.89. The van der Waals surface area contributed by atoms with E-state index in [2.05, 4.69) is 0 Å². The van der Waals surface area contributed by atoms with Crippen molar-refractivity contribution in [2.24, 2.45) is 0 Å². The Morgan fingerprint density at radius 2 is 1.70 bits per heavy atom.